The molecule has 1 amide bonds. The minimum absolute atomic E-state index is 0.0285. The Balaban J connectivity index is 1.15. The van der Waals surface area contributed by atoms with Crippen LogP contribution in [-0.2, 0) is 9.47 Å². The maximum Gasteiger partial charge on any atom is 0.410 e. The lowest BCUT2D eigenvalue weighted by Crippen LogP contribution is -2.58. The number of carbonyl (C=O) groups is 2. The zero-order valence-corrected chi connectivity index (χ0v) is 17.1. The van der Waals surface area contributed by atoms with Gasteiger partial charge in [-0.25, -0.2) is 19.6 Å². The molecule has 9 nitrogen and oxygen atoms in total. The first-order valence-corrected chi connectivity index (χ1v) is 10.8. The van der Waals surface area contributed by atoms with Crippen molar-refractivity contribution in [2.45, 2.75) is 56.3 Å². The van der Waals surface area contributed by atoms with Crippen molar-refractivity contribution in [3.8, 4) is 0 Å². The van der Waals surface area contributed by atoms with E-state index in [0.29, 0.717) is 42.4 Å². The van der Waals surface area contributed by atoms with Crippen LogP contribution in [0.15, 0.2) is 12.4 Å². The fourth-order valence-electron chi connectivity index (χ4n) is 6.17. The van der Waals surface area contributed by atoms with Crippen LogP contribution in [-0.4, -0.2) is 70.0 Å². The van der Waals surface area contributed by atoms with Gasteiger partial charge < -0.3 is 24.8 Å². The zero-order chi connectivity index (χ0) is 20.9. The Kier molecular flexibility index (Phi) is 4.80. The SMILES string of the molecule is COC(=O)c1cnc(N[C@@H]2CCN(C(=O)OC3C4CC5CC3CC(O)(C5)C4)C2)nc1. The van der Waals surface area contributed by atoms with Crippen molar-refractivity contribution in [3.63, 3.8) is 0 Å². The normalized spacial score (nSPS) is 36.6. The molecule has 5 aliphatic rings. The third kappa shape index (κ3) is 3.59. The van der Waals surface area contributed by atoms with Crippen LogP contribution in [0.2, 0.25) is 0 Å². The number of hydrogen-bond acceptors (Lipinski definition) is 8. The number of ether oxygens (including phenoxy) is 2. The van der Waals surface area contributed by atoms with Crippen LogP contribution in [0.1, 0.15) is 48.9 Å². The van der Waals surface area contributed by atoms with E-state index in [9.17, 15) is 14.7 Å². The second-order valence-corrected chi connectivity index (χ2v) is 9.41. The Morgan fingerprint density at radius 2 is 1.90 bits per heavy atom. The molecule has 1 aromatic rings. The summed E-state index contributed by atoms with van der Waals surface area (Å²) in [6, 6.07) is 0.0285. The van der Waals surface area contributed by atoms with Gasteiger partial charge in [-0.2, -0.15) is 0 Å². The number of methoxy groups -OCH3 is 1. The Hall–Kier alpha value is -2.42. The number of amides is 1. The van der Waals surface area contributed by atoms with Crippen molar-refractivity contribution in [1.29, 1.82) is 0 Å². The summed E-state index contributed by atoms with van der Waals surface area (Å²) in [5.41, 5.74) is -0.231. The molecule has 2 N–H and O–H groups in total. The number of nitrogens with zero attached hydrogens (tertiary/aromatic N) is 3. The highest BCUT2D eigenvalue weighted by Crippen LogP contribution is 2.56. The number of aromatic nitrogens is 2. The van der Waals surface area contributed by atoms with E-state index in [1.165, 1.54) is 19.5 Å². The summed E-state index contributed by atoms with van der Waals surface area (Å²) in [7, 11) is 1.31. The molecule has 4 bridgehead atoms. The third-order valence-corrected chi connectivity index (χ3v) is 7.24. The van der Waals surface area contributed by atoms with Crippen LogP contribution < -0.4 is 5.32 Å². The Labute approximate surface area is 175 Å². The molecule has 4 saturated carbocycles. The lowest BCUT2D eigenvalue weighted by Gasteiger charge is -2.57. The van der Waals surface area contributed by atoms with Crippen molar-refractivity contribution < 1.29 is 24.2 Å². The predicted molar refractivity (Wildman–Crippen MR) is 106 cm³/mol. The predicted octanol–water partition coefficient (Wildman–Crippen LogP) is 1.83. The van der Waals surface area contributed by atoms with Crippen LogP contribution in [0.4, 0.5) is 10.7 Å². The second-order valence-electron chi connectivity index (χ2n) is 9.41. The van der Waals surface area contributed by atoms with Crippen molar-refractivity contribution in [1.82, 2.24) is 14.9 Å². The van der Waals surface area contributed by atoms with Gasteiger partial charge in [0.05, 0.1) is 18.3 Å². The molecule has 30 heavy (non-hydrogen) atoms. The summed E-state index contributed by atoms with van der Waals surface area (Å²) >= 11 is 0. The van der Waals surface area contributed by atoms with Gasteiger partial charge in [0.1, 0.15) is 6.10 Å². The molecule has 2 heterocycles. The largest absolute Gasteiger partial charge is 0.465 e. The van der Waals surface area contributed by atoms with Crippen LogP contribution in [0.5, 0.6) is 0 Å². The van der Waals surface area contributed by atoms with E-state index < -0.39 is 11.6 Å². The molecule has 0 aromatic carbocycles. The molecule has 4 aliphatic carbocycles. The molecule has 1 aliphatic heterocycles. The number of esters is 1. The van der Waals surface area contributed by atoms with Gasteiger partial charge in [-0.05, 0) is 56.3 Å². The monoisotopic (exact) mass is 416 g/mol. The van der Waals surface area contributed by atoms with Gasteiger partial charge in [0, 0.05) is 31.5 Å². The maximum absolute atomic E-state index is 12.8. The minimum Gasteiger partial charge on any atom is -0.465 e. The van der Waals surface area contributed by atoms with E-state index in [-0.39, 0.29) is 18.2 Å². The molecule has 9 heteroatoms. The molecule has 162 valence electrons. The van der Waals surface area contributed by atoms with Crippen molar-refractivity contribution in [2.24, 2.45) is 17.8 Å². The summed E-state index contributed by atoms with van der Waals surface area (Å²) in [6.45, 7) is 1.14. The third-order valence-electron chi connectivity index (χ3n) is 7.24. The molecule has 0 radical (unpaired) electrons. The van der Waals surface area contributed by atoms with E-state index >= 15 is 0 Å². The number of nitrogens with one attached hydrogen (secondary N) is 1. The maximum atomic E-state index is 12.8. The topological polar surface area (TPSA) is 114 Å². The summed E-state index contributed by atoms with van der Waals surface area (Å²) in [5, 5.41) is 13.9. The van der Waals surface area contributed by atoms with Gasteiger partial charge in [-0.3, -0.25) is 0 Å². The Bertz CT molecular complexity index is 815. The van der Waals surface area contributed by atoms with Gasteiger partial charge in [0.2, 0.25) is 5.95 Å². The molecule has 3 atom stereocenters. The van der Waals surface area contributed by atoms with E-state index in [1.807, 2.05) is 0 Å². The smallest absolute Gasteiger partial charge is 0.410 e. The minimum atomic E-state index is -0.522. The van der Waals surface area contributed by atoms with Crippen LogP contribution in [0.3, 0.4) is 0 Å². The van der Waals surface area contributed by atoms with Crippen LogP contribution in [0, 0.1) is 17.8 Å². The first-order chi connectivity index (χ1) is 14.4. The van der Waals surface area contributed by atoms with Crippen molar-refractivity contribution in [3.05, 3.63) is 18.0 Å². The van der Waals surface area contributed by atoms with E-state index in [2.05, 4.69) is 20.0 Å². The fraction of sp³-hybridized carbons (Fsp3) is 0.714. The lowest BCUT2D eigenvalue weighted by molar-refractivity contribution is -0.177. The molecule has 2 unspecified atom stereocenters. The summed E-state index contributed by atoms with van der Waals surface area (Å²) < 4.78 is 10.6. The van der Waals surface area contributed by atoms with E-state index in [4.69, 9.17) is 4.74 Å². The molecule has 6 rings (SSSR count). The second kappa shape index (κ2) is 7.37. The fourth-order valence-corrected chi connectivity index (χ4v) is 6.17. The quantitative estimate of drug-likeness (QED) is 0.715. The first-order valence-electron chi connectivity index (χ1n) is 10.8. The number of carbonyl (C=O) groups excluding carboxylic acids is 2. The Morgan fingerprint density at radius 1 is 1.20 bits per heavy atom. The molecule has 1 aromatic heterocycles. The molecule has 5 fully saturated rings. The van der Waals surface area contributed by atoms with Crippen molar-refractivity contribution in [2.75, 3.05) is 25.5 Å². The zero-order valence-electron chi connectivity index (χ0n) is 17.1. The standard InChI is InChI=1S/C21H28N4O5/c1-29-18(26)15-9-22-19(23-10-15)24-16-2-3-25(11-16)20(27)30-17-13-4-12-5-14(17)8-21(28,6-12)7-13/h9-10,12-14,16-17,28H,2-8,11H2,1H3,(H,22,23,24)/t12?,13?,14?,16-,17?,21?/m1/s1. The number of hydrogen-bond donors (Lipinski definition) is 2. The number of likely N-dealkylation sites (tertiary alicyclic amines) is 1. The van der Waals surface area contributed by atoms with Gasteiger partial charge in [0.15, 0.2) is 0 Å². The van der Waals surface area contributed by atoms with Gasteiger partial charge in [-0.1, -0.05) is 0 Å². The van der Waals surface area contributed by atoms with Gasteiger partial charge in [-0.15, -0.1) is 0 Å². The highest BCUT2D eigenvalue weighted by Gasteiger charge is 2.56. The summed E-state index contributed by atoms with van der Waals surface area (Å²) in [6.07, 6.45) is 7.88. The number of aliphatic hydroxyl groups is 1. The lowest BCUT2D eigenvalue weighted by atomic mass is 9.53. The number of rotatable bonds is 4. The molecule has 0 spiro atoms. The summed E-state index contributed by atoms with van der Waals surface area (Å²) in [4.78, 5) is 34.3. The average Bonchev–Trinajstić information content (AvgIpc) is 3.18. The molecular formula is C21H28N4O5. The average molecular weight is 416 g/mol. The first kappa shape index (κ1) is 19.5. The molecule has 1 saturated heterocycles. The van der Waals surface area contributed by atoms with Crippen molar-refractivity contribution >= 4 is 18.0 Å². The van der Waals surface area contributed by atoms with Gasteiger partial charge in [0.25, 0.3) is 0 Å². The highest BCUT2D eigenvalue weighted by atomic mass is 16.6. The van der Waals surface area contributed by atoms with Crippen LogP contribution in [0.25, 0.3) is 0 Å². The van der Waals surface area contributed by atoms with E-state index in [1.54, 1.807) is 4.90 Å². The van der Waals surface area contributed by atoms with Crippen LogP contribution >= 0.6 is 0 Å². The number of anilines is 1. The summed E-state index contributed by atoms with van der Waals surface area (Å²) in [5.74, 6) is 1.12. The van der Waals surface area contributed by atoms with Gasteiger partial charge >= 0.3 is 12.1 Å². The van der Waals surface area contributed by atoms with E-state index in [0.717, 1.165) is 38.5 Å². The Morgan fingerprint density at radius 3 is 2.53 bits per heavy atom. The highest BCUT2D eigenvalue weighted by molar-refractivity contribution is 5.88. The molecular weight excluding hydrogens is 388 g/mol.